The Hall–Kier alpha value is -3.34. The molecule has 1 aliphatic rings. The maximum Gasteiger partial charge on any atom is 0.326 e. The molecule has 0 heterocycles. The number of carboxylic acids is 2. The van der Waals surface area contributed by atoms with Crippen LogP contribution in [0.25, 0.3) is 0 Å². The molecule has 2 atom stereocenters. The van der Waals surface area contributed by atoms with Gasteiger partial charge in [-0.3, -0.25) is 24.0 Å². The van der Waals surface area contributed by atoms with Gasteiger partial charge in [-0.1, -0.05) is 13.3 Å². The molecular formula is C33H59N5O11. The van der Waals surface area contributed by atoms with Crippen molar-refractivity contribution in [1.82, 2.24) is 21.3 Å². The van der Waals surface area contributed by atoms with Crippen molar-refractivity contribution in [2.24, 2.45) is 17.6 Å². The van der Waals surface area contributed by atoms with E-state index in [-0.39, 0.29) is 50.0 Å². The van der Waals surface area contributed by atoms with E-state index < -0.39 is 41.7 Å². The van der Waals surface area contributed by atoms with Crippen molar-refractivity contribution in [2.45, 2.75) is 102 Å². The fraction of sp³-hybridized carbons (Fsp3) is 0.818. The van der Waals surface area contributed by atoms with Gasteiger partial charge in [0.2, 0.25) is 23.6 Å². The van der Waals surface area contributed by atoms with E-state index in [9.17, 15) is 33.9 Å². The number of nitrogens with two attached hydrogens (primary N) is 1. The van der Waals surface area contributed by atoms with Crippen LogP contribution in [-0.4, -0.2) is 117 Å². The van der Waals surface area contributed by atoms with Gasteiger partial charge in [0.05, 0.1) is 26.4 Å². The molecule has 1 aliphatic carbocycles. The molecule has 49 heavy (non-hydrogen) atoms. The van der Waals surface area contributed by atoms with Gasteiger partial charge in [0.25, 0.3) is 0 Å². The number of carboxylic acid groups (broad SMARTS) is 2. The van der Waals surface area contributed by atoms with E-state index in [2.05, 4.69) is 21.3 Å². The summed E-state index contributed by atoms with van der Waals surface area (Å²) >= 11 is 0. The van der Waals surface area contributed by atoms with Gasteiger partial charge < -0.3 is 51.4 Å². The van der Waals surface area contributed by atoms with Crippen molar-refractivity contribution in [2.75, 3.05) is 59.3 Å². The third kappa shape index (κ3) is 22.1. The quantitative estimate of drug-likeness (QED) is 0.0533. The van der Waals surface area contributed by atoms with Crippen LogP contribution in [0.2, 0.25) is 0 Å². The highest BCUT2D eigenvalue weighted by molar-refractivity contribution is 5.89. The minimum Gasteiger partial charge on any atom is -0.481 e. The van der Waals surface area contributed by atoms with Gasteiger partial charge in [-0.25, -0.2) is 4.79 Å². The number of hydrogen-bond acceptors (Lipinski definition) is 10. The molecule has 16 heteroatoms. The molecule has 0 spiro atoms. The van der Waals surface area contributed by atoms with Gasteiger partial charge >= 0.3 is 11.9 Å². The number of amides is 4. The molecule has 8 N–H and O–H groups in total. The first-order chi connectivity index (χ1) is 23.6. The lowest BCUT2D eigenvalue weighted by atomic mass is 9.81. The predicted molar refractivity (Wildman–Crippen MR) is 179 cm³/mol. The van der Waals surface area contributed by atoms with Gasteiger partial charge in [0, 0.05) is 51.5 Å². The number of carbonyl (C=O) groups excluding carboxylic acids is 4. The second kappa shape index (κ2) is 27.5. The van der Waals surface area contributed by atoms with Crippen LogP contribution in [0.1, 0.15) is 90.4 Å². The van der Waals surface area contributed by atoms with Crippen molar-refractivity contribution in [3.63, 3.8) is 0 Å². The zero-order valence-electron chi connectivity index (χ0n) is 29.0. The van der Waals surface area contributed by atoms with Crippen LogP contribution in [-0.2, 0) is 43.0 Å². The predicted octanol–water partition coefficient (Wildman–Crippen LogP) is 0.703. The molecule has 0 aromatic rings. The van der Waals surface area contributed by atoms with E-state index in [0.717, 1.165) is 32.1 Å². The number of unbranched alkanes of at least 4 members (excludes halogenated alkanes) is 1. The number of nitrogens with one attached hydrogen (secondary N) is 4. The summed E-state index contributed by atoms with van der Waals surface area (Å²) < 4.78 is 16.2. The Labute approximate surface area is 289 Å². The summed E-state index contributed by atoms with van der Waals surface area (Å²) in [7, 11) is 0. The molecule has 1 rings (SSSR count). The average molecular weight is 702 g/mol. The van der Waals surface area contributed by atoms with Crippen molar-refractivity contribution >= 4 is 35.6 Å². The molecule has 282 valence electrons. The summed E-state index contributed by atoms with van der Waals surface area (Å²) in [5.41, 5.74) is 5.39. The van der Waals surface area contributed by atoms with E-state index in [1.807, 2.05) is 6.92 Å². The molecule has 16 nitrogen and oxygen atoms in total. The standard InChI is InChI=1S/C33H59N5O11/c1-2-3-6-28(39)36-23-24-7-9-25(10-8-24)31(43)38-27(33(45)46)11-13-29(40)37-26(12-14-30(41)42)32(44)35-16-5-18-48-20-22-49-21-19-47-17-4-15-34/h24-27H,2-23,34H2,1H3,(H,35,44)(H,36,39)(H,37,40)(H,38,43)(H,41,42)(H,45,46). The first-order valence-corrected chi connectivity index (χ1v) is 17.6. The maximum absolute atomic E-state index is 12.9. The number of hydrogen-bond donors (Lipinski definition) is 7. The van der Waals surface area contributed by atoms with Gasteiger partial charge in [0.1, 0.15) is 12.1 Å². The SMILES string of the molecule is CCCCC(=O)NCC1CCC(C(=O)NC(CCC(=O)NC(CCC(=O)O)C(=O)NCCCOCCOCCOCCCN)C(=O)O)CC1. The fourth-order valence-corrected chi connectivity index (χ4v) is 5.17. The number of ether oxygens (including phenoxy) is 3. The highest BCUT2D eigenvalue weighted by Gasteiger charge is 2.30. The maximum atomic E-state index is 12.9. The zero-order valence-corrected chi connectivity index (χ0v) is 29.0. The van der Waals surface area contributed by atoms with Gasteiger partial charge in [-0.2, -0.15) is 0 Å². The molecule has 1 saturated carbocycles. The Morgan fingerprint density at radius 3 is 1.92 bits per heavy atom. The van der Waals surface area contributed by atoms with E-state index in [4.69, 9.17) is 25.1 Å². The third-order valence-corrected chi connectivity index (χ3v) is 8.14. The summed E-state index contributed by atoms with van der Waals surface area (Å²) in [6, 6.07) is -2.44. The molecular weight excluding hydrogens is 642 g/mol. The average Bonchev–Trinajstić information content (AvgIpc) is 3.08. The molecule has 0 saturated heterocycles. The van der Waals surface area contributed by atoms with Crippen molar-refractivity contribution in [3.05, 3.63) is 0 Å². The third-order valence-electron chi connectivity index (χ3n) is 8.14. The largest absolute Gasteiger partial charge is 0.481 e. The summed E-state index contributed by atoms with van der Waals surface area (Å²) in [5.74, 6) is -4.08. The second-order valence-corrected chi connectivity index (χ2v) is 12.2. The van der Waals surface area contributed by atoms with Gasteiger partial charge in [-0.05, 0) is 70.3 Å². The number of carbonyl (C=O) groups is 6. The van der Waals surface area contributed by atoms with Crippen LogP contribution in [0.15, 0.2) is 0 Å². The highest BCUT2D eigenvalue weighted by Crippen LogP contribution is 2.28. The van der Waals surface area contributed by atoms with Crippen molar-refractivity contribution in [3.8, 4) is 0 Å². The molecule has 0 aliphatic heterocycles. The first-order valence-electron chi connectivity index (χ1n) is 17.6. The van der Waals surface area contributed by atoms with E-state index in [1.165, 1.54) is 0 Å². The monoisotopic (exact) mass is 701 g/mol. The smallest absolute Gasteiger partial charge is 0.326 e. The summed E-state index contributed by atoms with van der Waals surface area (Å²) in [4.78, 5) is 73.2. The molecule has 0 bridgehead atoms. The fourth-order valence-electron chi connectivity index (χ4n) is 5.17. The van der Waals surface area contributed by atoms with Crippen LogP contribution in [0.3, 0.4) is 0 Å². The molecule has 1 fully saturated rings. The lowest BCUT2D eigenvalue weighted by Crippen LogP contribution is -2.48. The van der Waals surface area contributed by atoms with Crippen molar-refractivity contribution in [1.29, 1.82) is 0 Å². The van der Waals surface area contributed by atoms with Crippen molar-refractivity contribution < 1.29 is 53.2 Å². The van der Waals surface area contributed by atoms with E-state index in [0.29, 0.717) is 78.4 Å². The van der Waals surface area contributed by atoms with Crippen LogP contribution in [0.4, 0.5) is 0 Å². The Morgan fingerprint density at radius 1 is 0.714 bits per heavy atom. The first kappa shape index (κ1) is 43.7. The molecule has 4 amide bonds. The molecule has 0 aromatic heterocycles. The minimum atomic E-state index is -1.31. The van der Waals surface area contributed by atoms with Crippen LogP contribution >= 0.6 is 0 Å². The Morgan fingerprint density at radius 2 is 1.33 bits per heavy atom. The molecule has 0 radical (unpaired) electrons. The highest BCUT2D eigenvalue weighted by atomic mass is 16.5. The zero-order chi connectivity index (χ0) is 36.3. The summed E-state index contributed by atoms with van der Waals surface area (Å²) in [5, 5.41) is 29.4. The second-order valence-electron chi connectivity index (χ2n) is 12.2. The normalized spacial score (nSPS) is 17.0. The lowest BCUT2D eigenvalue weighted by molar-refractivity contribution is -0.143. The minimum absolute atomic E-state index is 0.0276. The molecule has 0 aromatic carbocycles. The van der Waals surface area contributed by atoms with Gasteiger partial charge in [-0.15, -0.1) is 0 Å². The summed E-state index contributed by atoms with van der Waals surface area (Å²) in [6.45, 7) is 6.04. The van der Waals surface area contributed by atoms with E-state index in [1.54, 1.807) is 0 Å². The van der Waals surface area contributed by atoms with Crippen LogP contribution in [0.5, 0.6) is 0 Å². The Bertz CT molecular complexity index is 992. The van der Waals surface area contributed by atoms with Crippen LogP contribution < -0.4 is 27.0 Å². The van der Waals surface area contributed by atoms with Gasteiger partial charge in [0.15, 0.2) is 0 Å². The van der Waals surface area contributed by atoms with Crippen LogP contribution in [0, 0.1) is 11.8 Å². The Balaban J connectivity index is 2.40. The molecule has 2 unspecified atom stereocenters. The number of rotatable bonds is 29. The van der Waals surface area contributed by atoms with E-state index >= 15 is 0 Å². The summed E-state index contributed by atoms with van der Waals surface area (Å²) in [6.07, 6.45) is 5.16. The lowest BCUT2D eigenvalue weighted by Gasteiger charge is -2.28. The Kier molecular flexibility index (Phi) is 24.5. The number of aliphatic carboxylic acids is 2. The topological polar surface area (TPSA) is 245 Å².